The third-order valence-corrected chi connectivity index (χ3v) is 4.52. The van der Waals surface area contributed by atoms with Gasteiger partial charge in [-0.25, -0.2) is 0 Å². The normalized spacial score (nSPS) is 16.4. The third-order valence-electron chi connectivity index (χ3n) is 4.52. The number of amides is 1. The van der Waals surface area contributed by atoms with E-state index >= 15 is 0 Å². The molecule has 1 fully saturated rings. The van der Waals surface area contributed by atoms with Gasteiger partial charge in [-0.05, 0) is 49.6 Å². The van der Waals surface area contributed by atoms with Crippen molar-refractivity contribution in [2.45, 2.75) is 39.8 Å². The van der Waals surface area contributed by atoms with E-state index in [2.05, 4.69) is 47.6 Å². The molecule has 2 rings (SSSR count). The van der Waals surface area contributed by atoms with E-state index in [1.165, 1.54) is 11.1 Å². The van der Waals surface area contributed by atoms with Gasteiger partial charge < -0.3 is 10.6 Å². The van der Waals surface area contributed by atoms with E-state index in [1.54, 1.807) is 0 Å². The quantitative estimate of drug-likeness (QED) is 0.733. The molecule has 6 heteroatoms. The lowest BCUT2D eigenvalue weighted by Gasteiger charge is -2.20. The number of nitrogens with zero attached hydrogens (tertiary/aromatic N) is 1. The van der Waals surface area contributed by atoms with Crippen LogP contribution in [0, 0.1) is 5.92 Å². The number of benzene rings is 1. The van der Waals surface area contributed by atoms with Gasteiger partial charge in [-0.2, -0.15) is 0 Å². The molecule has 1 aromatic rings. The van der Waals surface area contributed by atoms with Gasteiger partial charge in [0, 0.05) is 19.5 Å². The Morgan fingerprint density at radius 2 is 1.88 bits per heavy atom. The molecule has 1 aromatic carbocycles. The maximum Gasteiger partial charge on any atom is 0.220 e. The highest BCUT2D eigenvalue weighted by Crippen LogP contribution is 2.14. The zero-order chi connectivity index (χ0) is 15.8. The van der Waals surface area contributed by atoms with Gasteiger partial charge in [0.1, 0.15) is 0 Å². The van der Waals surface area contributed by atoms with Crippen molar-refractivity contribution in [3.05, 3.63) is 35.4 Å². The van der Waals surface area contributed by atoms with Crippen LogP contribution in [0.1, 0.15) is 37.8 Å². The summed E-state index contributed by atoms with van der Waals surface area (Å²) < 4.78 is 0. The number of halogens is 2. The van der Waals surface area contributed by atoms with E-state index in [-0.39, 0.29) is 30.7 Å². The lowest BCUT2D eigenvalue weighted by molar-refractivity contribution is -0.122. The first-order chi connectivity index (χ1) is 10.7. The smallest absolute Gasteiger partial charge is 0.220 e. The van der Waals surface area contributed by atoms with Gasteiger partial charge >= 0.3 is 0 Å². The van der Waals surface area contributed by atoms with Crippen LogP contribution in [0.4, 0.5) is 0 Å². The highest BCUT2D eigenvalue weighted by Gasteiger charge is 2.18. The Bertz CT molecular complexity index is 475. The fourth-order valence-corrected chi connectivity index (χ4v) is 2.99. The van der Waals surface area contributed by atoms with Gasteiger partial charge in [-0.3, -0.25) is 9.69 Å². The van der Waals surface area contributed by atoms with Crippen LogP contribution >= 0.6 is 24.8 Å². The summed E-state index contributed by atoms with van der Waals surface area (Å²) in [7, 11) is 0. The number of carbonyl (C=O) groups is 1. The molecule has 1 unspecified atom stereocenters. The van der Waals surface area contributed by atoms with E-state index < -0.39 is 0 Å². The summed E-state index contributed by atoms with van der Waals surface area (Å²) in [6, 6.07) is 8.42. The molecule has 4 nitrogen and oxygen atoms in total. The number of hydrogen-bond donors (Lipinski definition) is 2. The van der Waals surface area contributed by atoms with Crippen LogP contribution < -0.4 is 10.6 Å². The van der Waals surface area contributed by atoms with Crippen LogP contribution in [-0.4, -0.2) is 37.0 Å². The Balaban J connectivity index is 0.00000264. The SMILES string of the molecule is CCN(CC)Cc1ccccc1CNC(=O)CC1CCNC1.Cl.Cl. The van der Waals surface area contributed by atoms with Crippen molar-refractivity contribution in [1.82, 2.24) is 15.5 Å². The van der Waals surface area contributed by atoms with Crippen LogP contribution in [0.3, 0.4) is 0 Å². The average Bonchev–Trinajstić information content (AvgIpc) is 3.04. The third kappa shape index (κ3) is 7.39. The Kier molecular flexibility index (Phi) is 12.1. The maximum absolute atomic E-state index is 12.1. The molecule has 0 saturated carbocycles. The largest absolute Gasteiger partial charge is 0.352 e. The minimum absolute atomic E-state index is 0. The first kappa shape index (κ1) is 23.2. The molecule has 0 spiro atoms. The molecular formula is C18H31Cl2N3O. The van der Waals surface area contributed by atoms with E-state index in [4.69, 9.17) is 0 Å². The fraction of sp³-hybridized carbons (Fsp3) is 0.611. The summed E-state index contributed by atoms with van der Waals surface area (Å²) in [5.41, 5.74) is 2.54. The molecule has 1 aliphatic heterocycles. The molecule has 1 aliphatic rings. The molecule has 24 heavy (non-hydrogen) atoms. The highest BCUT2D eigenvalue weighted by atomic mass is 35.5. The average molecular weight is 376 g/mol. The van der Waals surface area contributed by atoms with Crippen molar-refractivity contribution in [1.29, 1.82) is 0 Å². The standard InChI is InChI=1S/C18H29N3O.2ClH/c1-3-21(4-2)14-17-8-6-5-7-16(17)13-20-18(22)11-15-9-10-19-12-15;;/h5-8,15,19H,3-4,9-14H2,1-2H3,(H,20,22);2*1H. The molecule has 0 radical (unpaired) electrons. The Labute approximate surface area is 158 Å². The first-order valence-electron chi connectivity index (χ1n) is 8.49. The summed E-state index contributed by atoms with van der Waals surface area (Å²) in [4.78, 5) is 14.5. The van der Waals surface area contributed by atoms with Gasteiger partial charge in [-0.15, -0.1) is 24.8 Å². The van der Waals surface area contributed by atoms with Crippen LogP contribution in [-0.2, 0) is 17.9 Å². The van der Waals surface area contributed by atoms with Crippen molar-refractivity contribution >= 4 is 30.7 Å². The second kappa shape index (κ2) is 12.5. The first-order valence-corrected chi connectivity index (χ1v) is 8.49. The van der Waals surface area contributed by atoms with Gasteiger partial charge in [0.2, 0.25) is 5.91 Å². The molecule has 1 saturated heterocycles. The minimum atomic E-state index is 0. The van der Waals surface area contributed by atoms with Crippen molar-refractivity contribution in [3.63, 3.8) is 0 Å². The Morgan fingerprint density at radius 1 is 1.21 bits per heavy atom. The molecule has 2 N–H and O–H groups in total. The minimum Gasteiger partial charge on any atom is -0.352 e. The van der Waals surface area contributed by atoms with Crippen LogP contribution in [0.2, 0.25) is 0 Å². The monoisotopic (exact) mass is 375 g/mol. The Morgan fingerprint density at radius 3 is 2.46 bits per heavy atom. The van der Waals surface area contributed by atoms with Crippen LogP contribution in [0.25, 0.3) is 0 Å². The van der Waals surface area contributed by atoms with Crippen LogP contribution in [0.15, 0.2) is 24.3 Å². The van der Waals surface area contributed by atoms with E-state index in [1.807, 2.05) is 6.07 Å². The molecule has 0 aromatic heterocycles. The van der Waals surface area contributed by atoms with Gasteiger partial charge in [-0.1, -0.05) is 38.1 Å². The summed E-state index contributed by atoms with van der Waals surface area (Å²) in [6.07, 6.45) is 1.76. The summed E-state index contributed by atoms with van der Waals surface area (Å²) in [6.45, 7) is 10.1. The lowest BCUT2D eigenvalue weighted by atomic mass is 10.0. The Hall–Kier alpha value is -0.810. The lowest BCUT2D eigenvalue weighted by Crippen LogP contribution is -2.27. The zero-order valence-corrected chi connectivity index (χ0v) is 16.3. The predicted octanol–water partition coefficient (Wildman–Crippen LogP) is 2.99. The molecule has 138 valence electrons. The molecule has 0 aliphatic carbocycles. The second-order valence-corrected chi connectivity index (χ2v) is 6.07. The topological polar surface area (TPSA) is 44.4 Å². The van der Waals surface area contributed by atoms with Crippen LogP contribution in [0.5, 0.6) is 0 Å². The molecule has 1 heterocycles. The maximum atomic E-state index is 12.1. The van der Waals surface area contributed by atoms with Gasteiger partial charge in [0.25, 0.3) is 0 Å². The number of hydrogen-bond acceptors (Lipinski definition) is 3. The number of carbonyl (C=O) groups excluding carboxylic acids is 1. The molecule has 0 bridgehead atoms. The molecular weight excluding hydrogens is 345 g/mol. The molecule has 1 amide bonds. The van der Waals surface area contributed by atoms with Gasteiger partial charge in [0.05, 0.1) is 0 Å². The van der Waals surface area contributed by atoms with Gasteiger partial charge in [0.15, 0.2) is 0 Å². The van der Waals surface area contributed by atoms with Crippen molar-refractivity contribution in [2.75, 3.05) is 26.2 Å². The number of rotatable bonds is 8. The summed E-state index contributed by atoms with van der Waals surface area (Å²) in [5.74, 6) is 0.678. The summed E-state index contributed by atoms with van der Waals surface area (Å²) in [5, 5.41) is 6.40. The van der Waals surface area contributed by atoms with E-state index in [9.17, 15) is 4.79 Å². The van der Waals surface area contributed by atoms with Crippen molar-refractivity contribution < 1.29 is 4.79 Å². The molecule has 1 atom stereocenters. The second-order valence-electron chi connectivity index (χ2n) is 6.07. The number of nitrogens with one attached hydrogen (secondary N) is 2. The predicted molar refractivity (Wildman–Crippen MR) is 105 cm³/mol. The highest BCUT2D eigenvalue weighted by molar-refractivity contribution is 5.85. The van der Waals surface area contributed by atoms with Crippen molar-refractivity contribution in [2.24, 2.45) is 5.92 Å². The fourth-order valence-electron chi connectivity index (χ4n) is 2.99. The van der Waals surface area contributed by atoms with E-state index in [0.717, 1.165) is 39.1 Å². The zero-order valence-electron chi connectivity index (χ0n) is 14.7. The summed E-state index contributed by atoms with van der Waals surface area (Å²) >= 11 is 0. The van der Waals surface area contributed by atoms with Crippen molar-refractivity contribution in [3.8, 4) is 0 Å². The van der Waals surface area contributed by atoms with E-state index in [0.29, 0.717) is 18.9 Å².